The molecule has 0 N–H and O–H groups in total. The smallest absolute Gasteiger partial charge is 0.410 e. The Hall–Kier alpha value is -0.0400. The second-order valence-corrected chi connectivity index (χ2v) is 3.43. The lowest BCUT2D eigenvalue weighted by atomic mass is 10.3. The highest BCUT2D eigenvalue weighted by atomic mass is 127. The zero-order chi connectivity index (χ0) is 8.97. The largest absolute Gasteiger partial charge is 0.439 e. The van der Waals surface area contributed by atoms with E-state index >= 15 is 0 Å². The van der Waals surface area contributed by atoms with Crippen LogP contribution in [0.25, 0.3) is 0 Å². The van der Waals surface area contributed by atoms with E-state index in [1.807, 2.05) is 22.6 Å². The number of rotatable bonds is 1. The van der Waals surface area contributed by atoms with Gasteiger partial charge in [-0.3, -0.25) is 0 Å². The molecule has 5 heteroatoms. The van der Waals surface area contributed by atoms with Crippen LogP contribution in [-0.2, 0) is 4.74 Å². The van der Waals surface area contributed by atoms with Crippen LogP contribution in [0.1, 0.15) is 0 Å². The van der Waals surface area contributed by atoms with Crippen LogP contribution < -0.4 is 0 Å². The Labute approximate surface area is 86.0 Å². The fourth-order valence-electron chi connectivity index (χ4n) is 1.13. The van der Waals surface area contributed by atoms with Gasteiger partial charge in [0, 0.05) is 26.2 Å². The van der Waals surface area contributed by atoms with Crippen LogP contribution in [0.15, 0.2) is 0 Å². The van der Waals surface area contributed by atoms with Gasteiger partial charge < -0.3 is 14.5 Å². The summed E-state index contributed by atoms with van der Waals surface area (Å²) in [6.07, 6.45) is -0.183. The van der Waals surface area contributed by atoms with Crippen molar-refractivity contribution in [3.8, 4) is 0 Å². The third kappa shape index (κ3) is 2.78. The molecule has 0 aromatic carbocycles. The molecule has 0 aromatic rings. The monoisotopic (exact) mass is 284 g/mol. The van der Waals surface area contributed by atoms with E-state index in [4.69, 9.17) is 4.74 Å². The van der Waals surface area contributed by atoms with Crippen LogP contribution in [0.4, 0.5) is 4.79 Å². The third-order valence-corrected chi connectivity index (χ3v) is 2.25. The van der Waals surface area contributed by atoms with Crippen molar-refractivity contribution in [2.75, 3.05) is 37.8 Å². The second kappa shape index (κ2) is 4.86. The zero-order valence-electron chi connectivity index (χ0n) is 7.12. The number of amides is 1. The molecule has 1 aliphatic rings. The van der Waals surface area contributed by atoms with Gasteiger partial charge >= 0.3 is 6.09 Å². The van der Waals surface area contributed by atoms with Gasteiger partial charge in [0.2, 0.25) is 0 Å². The molecular weight excluding hydrogens is 271 g/mol. The van der Waals surface area contributed by atoms with E-state index < -0.39 is 0 Å². The molecule has 0 radical (unpaired) electrons. The van der Waals surface area contributed by atoms with Gasteiger partial charge in [0.15, 0.2) is 0 Å². The van der Waals surface area contributed by atoms with Gasteiger partial charge in [0.05, 0.1) is 0 Å². The Bertz CT molecular complexity index is 157. The Morgan fingerprint density at radius 3 is 2.50 bits per heavy atom. The van der Waals surface area contributed by atoms with Gasteiger partial charge in [-0.25, -0.2) is 4.79 Å². The minimum absolute atomic E-state index is 0.183. The summed E-state index contributed by atoms with van der Waals surface area (Å²) in [5.74, 6) is 0. The number of carbonyl (C=O) groups is 1. The number of ether oxygens (including phenoxy) is 1. The number of carbonyl (C=O) groups excluding carboxylic acids is 1. The number of piperazine rings is 1. The SMILES string of the molecule is CN1CCN(C(=O)OCI)CC1. The van der Waals surface area contributed by atoms with Crippen LogP contribution >= 0.6 is 22.6 Å². The molecule has 70 valence electrons. The Morgan fingerprint density at radius 1 is 1.42 bits per heavy atom. The summed E-state index contributed by atoms with van der Waals surface area (Å²) in [7, 11) is 2.06. The van der Waals surface area contributed by atoms with E-state index in [1.54, 1.807) is 4.90 Å². The minimum Gasteiger partial charge on any atom is -0.439 e. The topological polar surface area (TPSA) is 32.8 Å². The van der Waals surface area contributed by atoms with Crippen molar-refractivity contribution in [2.24, 2.45) is 0 Å². The predicted molar refractivity (Wildman–Crippen MR) is 54.4 cm³/mol. The van der Waals surface area contributed by atoms with E-state index in [0.29, 0.717) is 4.61 Å². The molecule has 0 aromatic heterocycles. The van der Waals surface area contributed by atoms with E-state index in [0.717, 1.165) is 26.2 Å². The molecule has 1 fully saturated rings. The molecule has 0 spiro atoms. The van der Waals surface area contributed by atoms with Gasteiger partial charge in [-0.05, 0) is 29.6 Å². The second-order valence-electron chi connectivity index (χ2n) is 2.81. The first-order chi connectivity index (χ1) is 5.74. The van der Waals surface area contributed by atoms with E-state index in [1.165, 1.54) is 0 Å². The van der Waals surface area contributed by atoms with Crippen LogP contribution in [0.2, 0.25) is 0 Å². The summed E-state index contributed by atoms with van der Waals surface area (Å²) in [4.78, 5) is 15.1. The third-order valence-electron chi connectivity index (χ3n) is 1.94. The first-order valence-electron chi connectivity index (χ1n) is 3.90. The highest BCUT2D eigenvalue weighted by Gasteiger charge is 2.19. The van der Waals surface area contributed by atoms with Crippen LogP contribution in [0.3, 0.4) is 0 Å². The number of alkyl halides is 1. The number of nitrogens with zero attached hydrogens (tertiary/aromatic N) is 2. The molecule has 12 heavy (non-hydrogen) atoms. The first-order valence-corrected chi connectivity index (χ1v) is 5.43. The molecule has 0 saturated carbocycles. The van der Waals surface area contributed by atoms with Crippen LogP contribution in [-0.4, -0.2) is 53.7 Å². The molecular formula is C7H13IN2O2. The van der Waals surface area contributed by atoms with E-state index in [9.17, 15) is 4.79 Å². The quantitative estimate of drug-likeness (QED) is 0.526. The Balaban J connectivity index is 2.29. The van der Waals surface area contributed by atoms with Crippen LogP contribution in [0.5, 0.6) is 0 Å². The standard InChI is InChI=1S/C7H13IN2O2/c1-9-2-4-10(5-3-9)7(11)12-6-8/h2-6H2,1H3. The Kier molecular flexibility index (Phi) is 4.07. The fraction of sp³-hybridized carbons (Fsp3) is 0.857. The van der Waals surface area contributed by atoms with Gasteiger partial charge in [-0.1, -0.05) is 0 Å². The van der Waals surface area contributed by atoms with Crippen LogP contribution in [0, 0.1) is 0 Å². The molecule has 0 atom stereocenters. The molecule has 1 aliphatic heterocycles. The lowest BCUT2D eigenvalue weighted by Crippen LogP contribution is -2.47. The first kappa shape index (κ1) is 10.0. The summed E-state index contributed by atoms with van der Waals surface area (Å²) >= 11 is 2.02. The molecule has 0 unspecified atom stereocenters. The molecule has 4 nitrogen and oxygen atoms in total. The Morgan fingerprint density at radius 2 is 2.00 bits per heavy atom. The highest BCUT2D eigenvalue weighted by molar-refractivity contribution is 14.1. The van der Waals surface area contributed by atoms with Gasteiger partial charge in [0.1, 0.15) is 4.61 Å². The maximum Gasteiger partial charge on any atom is 0.410 e. The maximum absolute atomic E-state index is 11.2. The zero-order valence-corrected chi connectivity index (χ0v) is 9.28. The number of hydrogen-bond donors (Lipinski definition) is 0. The minimum atomic E-state index is -0.183. The van der Waals surface area contributed by atoms with Crippen molar-refractivity contribution in [2.45, 2.75) is 0 Å². The summed E-state index contributed by atoms with van der Waals surface area (Å²) < 4.78 is 5.31. The molecule has 1 rings (SSSR count). The molecule has 1 heterocycles. The molecule has 0 aliphatic carbocycles. The van der Waals surface area contributed by atoms with Crippen molar-refractivity contribution >= 4 is 28.7 Å². The van der Waals surface area contributed by atoms with Gasteiger partial charge in [0.25, 0.3) is 0 Å². The fourth-order valence-corrected chi connectivity index (χ4v) is 1.39. The van der Waals surface area contributed by atoms with Crippen molar-refractivity contribution in [3.63, 3.8) is 0 Å². The summed E-state index contributed by atoms with van der Waals surface area (Å²) in [5, 5.41) is 0. The van der Waals surface area contributed by atoms with Crippen molar-refractivity contribution in [1.82, 2.24) is 9.80 Å². The number of halogens is 1. The van der Waals surface area contributed by atoms with Crippen molar-refractivity contribution in [1.29, 1.82) is 0 Å². The van der Waals surface area contributed by atoms with E-state index in [-0.39, 0.29) is 6.09 Å². The van der Waals surface area contributed by atoms with Crippen molar-refractivity contribution < 1.29 is 9.53 Å². The van der Waals surface area contributed by atoms with E-state index in [2.05, 4.69) is 11.9 Å². The predicted octanol–water partition coefficient (Wildman–Crippen LogP) is 0.763. The van der Waals surface area contributed by atoms with Gasteiger partial charge in [-0.15, -0.1) is 0 Å². The normalized spacial score (nSPS) is 19.3. The number of likely N-dealkylation sites (N-methyl/N-ethyl adjacent to an activating group) is 1. The summed E-state index contributed by atoms with van der Waals surface area (Å²) in [5.41, 5.74) is 0. The molecule has 0 bridgehead atoms. The molecule has 1 amide bonds. The van der Waals surface area contributed by atoms with Gasteiger partial charge in [-0.2, -0.15) is 0 Å². The summed E-state index contributed by atoms with van der Waals surface area (Å²) in [6, 6.07) is 0. The highest BCUT2D eigenvalue weighted by Crippen LogP contribution is 2.02. The number of hydrogen-bond acceptors (Lipinski definition) is 3. The lowest BCUT2D eigenvalue weighted by molar-refractivity contribution is 0.0965. The average Bonchev–Trinajstić information content (AvgIpc) is 2.06. The van der Waals surface area contributed by atoms with Crippen molar-refractivity contribution in [3.05, 3.63) is 0 Å². The molecule has 1 saturated heterocycles. The average molecular weight is 284 g/mol. The summed E-state index contributed by atoms with van der Waals surface area (Å²) in [6.45, 7) is 3.45. The maximum atomic E-state index is 11.2. The lowest BCUT2D eigenvalue weighted by Gasteiger charge is -2.31.